The van der Waals surface area contributed by atoms with Crippen LogP contribution in [0.3, 0.4) is 0 Å². The number of benzene rings is 2. The molecule has 3 aromatic rings. The molecule has 2 heterocycles. The van der Waals surface area contributed by atoms with Crippen LogP contribution in [0.5, 0.6) is 0 Å². The zero-order valence-corrected chi connectivity index (χ0v) is 15.9. The van der Waals surface area contributed by atoms with Gasteiger partial charge in [-0.2, -0.15) is 0 Å². The van der Waals surface area contributed by atoms with Crippen molar-refractivity contribution in [1.29, 1.82) is 0 Å². The van der Waals surface area contributed by atoms with Crippen molar-refractivity contribution < 1.29 is 4.42 Å². The number of hydrogen-bond acceptors (Lipinski definition) is 7. The normalized spacial score (nSPS) is 19.6. The quantitative estimate of drug-likeness (QED) is 0.503. The van der Waals surface area contributed by atoms with Crippen LogP contribution in [-0.4, -0.2) is 24.3 Å². The van der Waals surface area contributed by atoms with Crippen molar-refractivity contribution in [2.75, 3.05) is 0 Å². The van der Waals surface area contributed by atoms with Crippen molar-refractivity contribution >= 4 is 41.0 Å². The maximum absolute atomic E-state index is 5.83. The summed E-state index contributed by atoms with van der Waals surface area (Å²) in [5.74, 6) is 0.506. The standard InChI is InChI=1S/C17H15N5OS3/c18-16(24)22-21-13(11-7-3-1-4-8-11)15(26-22)25-17-20-19-14(23-17)12-9-5-2-6-10-12/h1-10,13,15,21H,(H2,18,24)/t13-,15-/m0/s1. The minimum absolute atomic E-state index is 0.0137. The van der Waals surface area contributed by atoms with E-state index in [1.807, 2.05) is 48.5 Å². The highest BCUT2D eigenvalue weighted by molar-refractivity contribution is 8.16. The predicted octanol–water partition coefficient (Wildman–Crippen LogP) is 3.61. The van der Waals surface area contributed by atoms with Crippen LogP contribution < -0.4 is 11.2 Å². The minimum Gasteiger partial charge on any atom is -0.411 e. The number of nitrogens with zero attached hydrogens (tertiary/aromatic N) is 3. The fourth-order valence-corrected chi connectivity index (χ4v) is 4.99. The molecule has 0 saturated carbocycles. The summed E-state index contributed by atoms with van der Waals surface area (Å²) < 4.78 is 7.58. The number of rotatable bonds is 4. The topological polar surface area (TPSA) is 80.2 Å². The molecule has 0 aliphatic carbocycles. The van der Waals surface area contributed by atoms with Gasteiger partial charge in [0.1, 0.15) is 4.58 Å². The molecule has 2 aromatic carbocycles. The first kappa shape index (κ1) is 17.3. The van der Waals surface area contributed by atoms with E-state index in [-0.39, 0.29) is 15.7 Å². The Kier molecular flexibility index (Phi) is 5.11. The van der Waals surface area contributed by atoms with E-state index >= 15 is 0 Å². The second-order valence-corrected chi connectivity index (χ2v) is 8.37. The third-order valence-electron chi connectivity index (χ3n) is 3.74. The smallest absolute Gasteiger partial charge is 0.278 e. The van der Waals surface area contributed by atoms with Crippen LogP contribution in [0, 0.1) is 0 Å². The van der Waals surface area contributed by atoms with E-state index in [2.05, 4.69) is 27.8 Å². The Morgan fingerprint density at radius 1 is 1.12 bits per heavy atom. The summed E-state index contributed by atoms with van der Waals surface area (Å²) in [5, 5.41) is 9.12. The van der Waals surface area contributed by atoms with E-state index in [0.29, 0.717) is 11.1 Å². The zero-order valence-electron chi connectivity index (χ0n) is 13.5. The lowest BCUT2D eigenvalue weighted by Gasteiger charge is -2.16. The molecule has 2 atom stereocenters. The summed E-state index contributed by atoms with van der Waals surface area (Å²) in [7, 11) is 0. The first-order valence-electron chi connectivity index (χ1n) is 7.84. The molecule has 0 spiro atoms. The van der Waals surface area contributed by atoms with Gasteiger partial charge in [-0.3, -0.25) is 0 Å². The fourth-order valence-electron chi connectivity index (χ4n) is 2.53. The summed E-state index contributed by atoms with van der Waals surface area (Å²) >= 11 is 8.11. The second kappa shape index (κ2) is 7.67. The maximum atomic E-state index is 5.83. The highest BCUT2D eigenvalue weighted by Gasteiger charge is 2.37. The van der Waals surface area contributed by atoms with Crippen molar-refractivity contribution in [3.05, 3.63) is 66.2 Å². The first-order valence-corrected chi connectivity index (χ1v) is 9.96. The molecule has 3 N–H and O–H groups in total. The maximum Gasteiger partial charge on any atom is 0.278 e. The Morgan fingerprint density at radius 3 is 2.50 bits per heavy atom. The van der Waals surface area contributed by atoms with E-state index in [4.69, 9.17) is 22.4 Å². The van der Waals surface area contributed by atoms with Crippen molar-refractivity contribution in [1.82, 2.24) is 20.0 Å². The molecule has 0 radical (unpaired) electrons. The summed E-state index contributed by atoms with van der Waals surface area (Å²) in [5.41, 5.74) is 11.2. The number of nitrogens with two attached hydrogens (primary N) is 1. The zero-order chi connectivity index (χ0) is 17.9. The molecule has 0 amide bonds. The van der Waals surface area contributed by atoms with Crippen molar-refractivity contribution in [2.24, 2.45) is 5.73 Å². The van der Waals surface area contributed by atoms with Gasteiger partial charge in [0, 0.05) is 5.56 Å². The number of thioether (sulfide) groups is 1. The van der Waals surface area contributed by atoms with E-state index in [0.717, 1.165) is 11.1 Å². The minimum atomic E-state index is 0.0137. The lowest BCUT2D eigenvalue weighted by molar-refractivity contribution is 0.448. The van der Waals surface area contributed by atoms with Crippen molar-refractivity contribution in [3.63, 3.8) is 0 Å². The Morgan fingerprint density at radius 2 is 1.81 bits per heavy atom. The Bertz CT molecular complexity index is 890. The Balaban J connectivity index is 1.55. The molecule has 6 nitrogen and oxygen atoms in total. The van der Waals surface area contributed by atoms with Gasteiger partial charge in [-0.15, -0.1) is 10.2 Å². The first-order chi connectivity index (χ1) is 12.7. The van der Waals surface area contributed by atoms with Crippen LogP contribution in [-0.2, 0) is 0 Å². The molecule has 1 fully saturated rings. The van der Waals surface area contributed by atoms with Crippen LogP contribution in [0.1, 0.15) is 11.6 Å². The fraction of sp³-hybridized carbons (Fsp3) is 0.118. The molecule has 4 rings (SSSR count). The Labute approximate surface area is 164 Å². The molecule has 1 aliphatic heterocycles. The van der Waals surface area contributed by atoms with Crippen LogP contribution in [0.2, 0.25) is 0 Å². The highest BCUT2D eigenvalue weighted by atomic mass is 32.2. The van der Waals surface area contributed by atoms with Gasteiger partial charge in [0.25, 0.3) is 5.22 Å². The summed E-state index contributed by atoms with van der Waals surface area (Å²) in [4.78, 5) is 0. The van der Waals surface area contributed by atoms with Crippen molar-refractivity contribution in [2.45, 2.75) is 15.8 Å². The summed E-state index contributed by atoms with van der Waals surface area (Å²) in [6, 6.07) is 19.9. The van der Waals surface area contributed by atoms with Crippen LogP contribution in [0.25, 0.3) is 11.5 Å². The number of hydrazine groups is 1. The van der Waals surface area contributed by atoms with Gasteiger partial charge in [0.05, 0.1) is 6.04 Å². The van der Waals surface area contributed by atoms with Gasteiger partial charge in [-0.05, 0) is 53.6 Å². The molecule has 0 unspecified atom stereocenters. The highest BCUT2D eigenvalue weighted by Crippen LogP contribution is 2.45. The van der Waals surface area contributed by atoms with Gasteiger partial charge in [-0.1, -0.05) is 48.5 Å². The van der Waals surface area contributed by atoms with E-state index < -0.39 is 0 Å². The van der Waals surface area contributed by atoms with Crippen LogP contribution in [0.4, 0.5) is 0 Å². The van der Waals surface area contributed by atoms with Gasteiger partial charge in [0.15, 0.2) is 5.11 Å². The largest absolute Gasteiger partial charge is 0.411 e. The van der Waals surface area contributed by atoms with Crippen molar-refractivity contribution in [3.8, 4) is 11.5 Å². The molecule has 1 aromatic heterocycles. The predicted molar refractivity (Wildman–Crippen MR) is 108 cm³/mol. The van der Waals surface area contributed by atoms with Crippen LogP contribution in [0.15, 0.2) is 70.3 Å². The van der Waals surface area contributed by atoms with Gasteiger partial charge >= 0.3 is 0 Å². The monoisotopic (exact) mass is 401 g/mol. The SMILES string of the molecule is NC(=S)N1N[C@@H](c2ccccc2)[C@@H](Sc2nnc(-c3ccccc3)o2)S1. The number of hydrogen-bond donors (Lipinski definition) is 2. The average molecular weight is 402 g/mol. The summed E-state index contributed by atoms with van der Waals surface area (Å²) in [6.07, 6.45) is 0. The molecule has 0 bridgehead atoms. The lowest BCUT2D eigenvalue weighted by atomic mass is 10.1. The molecule has 1 saturated heterocycles. The molecule has 26 heavy (non-hydrogen) atoms. The van der Waals surface area contributed by atoms with E-state index in [1.54, 1.807) is 4.41 Å². The molecular formula is C17H15N5OS3. The van der Waals surface area contributed by atoms with Gasteiger partial charge in [-0.25, -0.2) is 9.84 Å². The second-order valence-electron chi connectivity index (χ2n) is 5.48. The number of nitrogens with one attached hydrogen (secondary N) is 1. The third kappa shape index (κ3) is 3.70. The van der Waals surface area contributed by atoms with Gasteiger partial charge < -0.3 is 10.2 Å². The average Bonchev–Trinajstić information content (AvgIpc) is 3.31. The molecule has 132 valence electrons. The van der Waals surface area contributed by atoms with E-state index in [9.17, 15) is 0 Å². The lowest BCUT2D eigenvalue weighted by Crippen LogP contribution is -2.37. The number of thiocarbonyl (C=S) groups is 1. The summed E-state index contributed by atoms with van der Waals surface area (Å²) in [6.45, 7) is 0. The number of aromatic nitrogens is 2. The molecule has 1 aliphatic rings. The van der Waals surface area contributed by atoms with Crippen LogP contribution >= 0.6 is 35.9 Å². The van der Waals surface area contributed by atoms with Gasteiger partial charge in [0.2, 0.25) is 5.89 Å². The molecule has 9 heteroatoms. The Hall–Kier alpha value is -2.07. The van der Waals surface area contributed by atoms with E-state index in [1.165, 1.54) is 23.7 Å². The molecular weight excluding hydrogens is 386 g/mol. The third-order valence-corrected chi connectivity index (χ3v) is 6.45.